The second-order valence-corrected chi connectivity index (χ2v) is 11.2. The topological polar surface area (TPSA) is 83.7 Å². The van der Waals surface area contributed by atoms with Crippen molar-refractivity contribution in [3.8, 4) is 17.0 Å². The summed E-state index contributed by atoms with van der Waals surface area (Å²) in [7, 11) is 0. The third-order valence-electron chi connectivity index (χ3n) is 8.26. The molecular formula is C32H37N5O3. The molecule has 8 heteroatoms. The van der Waals surface area contributed by atoms with E-state index in [1.54, 1.807) is 12.1 Å². The first-order chi connectivity index (χ1) is 19.4. The number of hydrogen-bond donors (Lipinski definition) is 1. The number of aromatic hydroxyl groups is 1. The van der Waals surface area contributed by atoms with Gasteiger partial charge < -0.3 is 14.7 Å². The predicted octanol–water partition coefficient (Wildman–Crippen LogP) is 5.55. The third kappa shape index (κ3) is 5.09. The van der Waals surface area contributed by atoms with Crippen LogP contribution in [0.3, 0.4) is 0 Å². The fourth-order valence-corrected chi connectivity index (χ4v) is 6.05. The van der Waals surface area contributed by atoms with Crippen molar-refractivity contribution in [1.29, 1.82) is 0 Å². The van der Waals surface area contributed by atoms with Gasteiger partial charge in [-0.25, -0.2) is 9.67 Å². The average Bonchev–Trinajstić information content (AvgIpc) is 3.31. The average molecular weight is 540 g/mol. The van der Waals surface area contributed by atoms with Crippen LogP contribution in [0.25, 0.3) is 22.3 Å². The maximum atomic E-state index is 14.4. The molecule has 4 aromatic rings. The van der Waals surface area contributed by atoms with Crippen LogP contribution in [0.5, 0.6) is 5.75 Å². The summed E-state index contributed by atoms with van der Waals surface area (Å²) >= 11 is 0. The Balaban J connectivity index is 1.38. The molecule has 40 heavy (non-hydrogen) atoms. The number of ether oxygens (including phenoxy) is 1. The number of carbonyl (C=O) groups is 1. The SMILES string of the molecule is Cc1nn(C2CCCCO2)c2nc(-c3ccc(O)cc3)cc(C(=O)N3C[C@@H](C)N(Cc4ccccc4)C[C@@H]3C)c12. The summed E-state index contributed by atoms with van der Waals surface area (Å²) in [4.78, 5) is 23.9. The van der Waals surface area contributed by atoms with Crippen molar-refractivity contribution in [2.45, 2.75) is 64.9 Å². The molecule has 0 radical (unpaired) electrons. The van der Waals surface area contributed by atoms with Crippen molar-refractivity contribution >= 4 is 16.9 Å². The largest absolute Gasteiger partial charge is 0.508 e. The molecule has 0 spiro atoms. The number of carbonyl (C=O) groups excluding carboxylic acids is 1. The fourth-order valence-electron chi connectivity index (χ4n) is 6.05. The molecule has 2 fully saturated rings. The molecule has 4 heterocycles. The normalized spacial score (nSPS) is 22.1. The first-order valence-corrected chi connectivity index (χ1v) is 14.3. The number of rotatable bonds is 5. The lowest BCUT2D eigenvalue weighted by molar-refractivity contribution is -0.0371. The lowest BCUT2D eigenvalue weighted by atomic mass is 10.0. The van der Waals surface area contributed by atoms with E-state index in [0.717, 1.165) is 49.0 Å². The Bertz CT molecular complexity index is 1490. The quantitative estimate of drug-likeness (QED) is 0.358. The standard InChI is InChI=1S/C32H37N5O3/c1-21-19-36(22(2)18-35(21)20-24-9-5-4-6-10-24)32(39)27-17-28(25-12-14-26(38)15-13-25)33-31-30(27)23(3)34-37(31)29-11-7-8-16-40-29/h4-6,9-10,12-15,17,21-22,29,38H,7-8,11,16,18-20H2,1-3H3/t21-,22+,29?/m1/s1. The lowest BCUT2D eigenvalue weighted by Gasteiger charge is -2.44. The van der Waals surface area contributed by atoms with E-state index in [0.29, 0.717) is 30.1 Å². The smallest absolute Gasteiger partial charge is 0.255 e. The molecule has 6 rings (SSSR count). The van der Waals surface area contributed by atoms with Gasteiger partial charge in [-0.15, -0.1) is 0 Å². The Labute approximate surface area is 235 Å². The van der Waals surface area contributed by atoms with E-state index in [-0.39, 0.29) is 30.0 Å². The van der Waals surface area contributed by atoms with E-state index in [9.17, 15) is 9.90 Å². The summed E-state index contributed by atoms with van der Waals surface area (Å²) in [6, 6.07) is 19.6. The van der Waals surface area contributed by atoms with E-state index in [1.807, 2.05) is 40.8 Å². The number of phenolic OH excluding ortho intramolecular Hbond substituents is 1. The van der Waals surface area contributed by atoms with E-state index < -0.39 is 0 Å². The van der Waals surface area contributed by atoms with Crippen molar-refractivity contribution < 1.29 is 14.6 Å². The molecule has 0 aliphatic carbocycles. The van der Waals surface area contributed by atoms with Crippen LogP contribution in [-0.2, 0) is 11.3 Å². The molecule has 2 aliphatic rings. The molecule has 1 unspecified atom stereocenters. The van der Waals surface area contributed by atoms with Crippen LogP contribution in [0.1, 0.15) is 61.0 Å². The van der Waals surface area contributed by atoms with Crippen molar-refractivity contribution in [3.05, 3.63) is 77.5 Å². The second kappa shape index (κ2) is 11.0. The van der Waals surface area contributed by atoms with Gasteiger partial charge in [0.05, 0.1) is 22.3 Å². The number of aromatic nitrogens is 3. The number of amides is 1. The predicted molar refractivity (Wildman–Crippen MR) is 155 cm³/mol. The van der Waals surface area contributed by atoms with Gasteiger partial charge in [0.1, 0.15) is 5.75 Å². The molecule has 2 saturated heterocycles. The van der Waals surface area contributed by atoms with Crippen molar-refractivity contribution in [3.63, 3.8) is 0 Å². The molecule has 2 aromatic heterocycles. The molecule has 2 aliphatic heterocycles. The number of nitrogens with zero attached hydrogens (tertiary/aromatic N) is 5. The van der Waals surface area contributed by atoms with Gasteiger partial charge in [-0.3, -0.25) is 9.69 Å². The van der Waals surface area contributed by atoms with Crippen LogP contribution < -0.4 is 0 Å². The van der Waals surface area contributed by atoms with Gasteiger partial charge >= 0.3 is 0 Å². The van der Waals surface area contributed by atoms with E-state index in [2.05, 4.69) is 43.0 Å². The summed E-state index contributed by atoms with van der Waals surface area (Å²) in [6.45, 7) is 9.28. The Kier molecular flexibility index (Phi) is 7.29. The molecule has 1 amide bonds. The molecule has 1 N–H and O–H groups in total. The van der Waals surface area contributed by atoms with E-state index in [4.69, 9.17) is 14.8 Å². The fraction of sp³-hybridized carbons (Fsp3) is 0.406. The highest BCUT2D eigenvalue weighted by Gasteiger charge is 2.34. The highest BCUT2D eigenvalue weighted by atomic mass is 16.5. The molecule has 0 saturated carbocycles. The number of hydrogen-bond acceptors (Lipinski definition) is 6. The summed E-state index contributed by atoms with van der Waals surface area (Å²) in [5.74, 6) is 0.187. The highest BCUT2D eigenvalue weighted by molar-refractivity contribution is 6.07. The number of pyridine rings is 1. The molecule has 8 nitrogen and oxygen atoms in total. The van der Waals surface area contributed by atoms with Crippen molar-refractivity contribution in [2.24, 2.45) is 0 Å². The molecule has 2 aromatic carbocycles. The maximum absolute atomic E-state index is 14.4. The Morgan fingerprint density at radius 3 is 2.52 bits per heavy atom. The van der Waals surface area contributed by atoms with Gasteiger partial charge in [0.2, 0.25) is 0 Å². The van der Waals surface area contributed by atoms with Gasteiger partial charge in [-0.1, -0.05) is 30.3 Å². The summed E-state index contributed by atoms with van der Waals surface area (Å²) in [5, 5.41) is 15.5. The van der Waals surface area contributed by atoms with Crippen LogP contribution in [0.15, 0.2) is 60.7 Å². The summed E-state index contributed by atoms with van der Waals surface area (Å²) < 4.78 is 7.95. The minimum absolute atomic E-state index is 0.00153. The summed E-state index contributed by atoms with van der Waals surface area (Å²) in [6.07, 6.45) is 2.77. The molecule has 208 valence electrons. The first-order valence-electron chi connectivity index (χ1n) is 14.3. The number of benzene rings is 2. The number of phenols is 1. The van der Waals surface area contributed by atoms with Crippen LogP contribution in [-0.4, -0.2) is 67.4 Å². The zero-order valence-electron chi connectivity index (χ0n) is 23.5. The summed E-state index contributed by atoms with van der Waals surface area (Å²) in [5.41, 5.74) is 4.85. The van der Waals surface area contributed by atoms with Crippen LogP contribution in [0.4, 0.5) is 0 Å². The zero-order chi connectivity index (χ0) is 27.8. The van der Waals surface area contributed by atoms with Crippen LogP contribution >= 0.6 is 0 Å². The lowest BCUT2D eigenvalue weighted by Crippen LogP contribution is -2.57. The first kappa shape index (κ1) is 26.5. The van der Waals surface area contributed by atoms with Gasteiger partial charge in [-0.05, 0) is 75.9 Å². The van der Waals surface area contributed by atoms with Crippen molar-refractivity contribution in [2.75, 3.05) is 19.7 Å². The van der Waals surface area contributed by atoms with Gasteiger partial charge in [0.25, 0.3) is 5.91 Å². The Hall–Kier alpha value is -3.75. The zero-order valence-corrected chi connectivity index (χ0v) is 23.5. The monoisotopic (exact) mass is 539 g/mol. The van der Waals surface area contributed by atoms with E-state index in [1.165, 1.54) is 5.56 Å². The Morgan fingerprint density at radius 1 is 1.02 bits per heavy atom. The van der Waals surface area contributed by atoms with Gasteiger partial charge in [0.15, 0.2) is 11.9 Å². The van der Waals surface area contributed by atoms with Crippen LogP contribution in [0.2, 0.25) is 0 Å². The van der Waals surface area contributed by atoms with Gasteiger partial charge in [-0.2, -0.15) is 5.10 Å². The molecule has 0 bridgehead atoms. The second-order valence-electron chi connectivity index (χ2n) is 11.2. The van der Waals surface area contributed by atoms with Gasteiger partial charge in [0, 0.05) is 43.9 Å². The third-order valence-corrected chi connectivity index (χ3v) is 8.26. The molecule has 3 atom stereocenters. The number of piperazine rings is 1. The minimum atomic E-state index is -0.198. The van der Waals surface area contributed by atoms with Crippen molar-refractivity contribution in [1.82, 2.24) is 24.6 Å². The molecular weight excluding hydrogens is 502 g/mol. The maximum Gasteiger partial charge on any atom is 0.255 e. The van der Waals surface area contributed by atoms with Crippen LogP contribution in [0, 0.1) is 6.92 Å². The Morgan fingerprint density at radius 2 is 1.80 bits per heavy atom. The van der Waals surface area contributed by atoms with E-state index >= 15 is 0 Å². The highest BCUT2D eigenvalue weighted by Crippen LogP contribution is 2.33. The number of fused-ring (bicyclic) bond motifs is 1. The minimum Gasteiger partial charge on any atom is -0.508 e. The number of aryl methyl sites for hydroxylation is 1.